The quantitative estimate of drug-likeness (QED) is 0.844. The van der Waals surface area contributed by atoms with E-state index in [1.807, 2.05) is 38.1 Å². The van der Waals surface area contributed by atoms with Gasteiger partial charge in [0.2, 0.25) is 0 Å². The maximum absolute atomic E-state index is 12.0. The van der Waals surface area contributed by atoms with Crippen molar-refractivity contribution in [3.8, 4) is 5.75 Å². The molecule has 0 fully saturated rings. The first kappa shape index (κ1) is 13.5. The molecular formula is C14H16N2O2S. The van der Waals surface area contributed by atoms with Crippen molar-refractivity contribution < 1.29 is 4.74 Å². The number of rotatable bonds is 4. The highest BCUT2D eigenvalue weighted by molar-refractivity contribution is 7.71. The van der Waals surface area contributed by atoms with Crippen LogP contribution in [0.5, 0.6) is 5.75 Å². The van der Waals surface area contributed by atoms with Gasteiger partial charge in [-0.05, 0) is 37.7 Å². The molecule has 1 heterocycles. The number of hydrogen-bond acceptors (Lipinski definition) is 3. The van der Waals surface area contributed by atoms with Crippen LogP contribution in [0.3, 0.4) is 0 Å². The first-order valence-corrected chi connectivity index (χ1v) is 6.55. The molecule has 0 unspecified atom stereocenters. The maximum Gasteiger partial charge on any atom is 0.255 e. The second-order valence-corrected chi connectivity index (χ2v) is 4.64. The van der Waals surface area contributed by atoms with Gasteiger partial charge in [0, 0.05) is 17.7 Å². The molecule has 4 nitrogen and oxygen atoms in total. The van der Waals surface area contributed by atoms with Crippen molar-refractivity contribution in [3.05, 3.63) is 56.2 Å². The van der Waals surface area contributed by atoms with Crippen molar-refractivity contribution in [2.24, 2.45) is 0 Å². The lowest BCUT2D eigenvalue weighted by Crippen LogP contribution is -2.17. The first-order valence-electron chi connectivity index (χ1n) is 6.14. The number of aryl methyl sites for hydroxylation is 1. The summed E-state index contributed by atoms with van der Waals surface area (Å²) in [6.45, 7) is 4.39. The molecule has 0 spiro atoms. The molecule has 0 amide bonds. The van der Waals surface area contributed by atoms with Crippen LogP contribution in [0.2, 0.25) is 0 Å². The SMILES string of the molecule is CCOc1ccccc1Cc1c(C)[nH]c(=S)[nH]c1=O. The van der Waals surface area contributed by atoms with Crippen LogP contribution in [0.15, 0.2) is 29.1 Å². The third-order valence-electron chi connectivity index (χ3n) is 2.89. The van der Waals surface area contributed by atoms with Gasteiger partial charge in [-0.3, -0.25) is 9.78 Å². The number of nitrogens with one attached hydrogen (secondary N) is 2. The zero-order valence-corrected chi connectivity index (χ0v) is 11.8. The lowest BCUT2D eigenvalue weighted by molar-refractivity contribution is 0.337. The highest BCUT2D eigenvalue weighted by Gasteiger charge is 2.09. The maximum atomic E-state index is 12.0. The Bertz CT molecular complexity index is 688. The number of aromatic nitrogens is 2. The number of benzene rings is 1. The second kappa shape index (κ2) is 5.84. The van der Waals surface area contributed by atoms with E-state index in [1.165, 1.54) is 0 Å². The number of H-pyrrole nitrogens is 2. The normalized spacial score (nSPS) is 10.4. The standard InChI is InChI=1S/C14H16N2O2S/c1-3-18-12-7-5-4-6-10(12)8-11-9(2)15-14(19)16-13(11)17/h4-7H,3,8H2,1-2H3,(H2,15,16,17,19). The van der Waals surface area contributed by atoms with E-state index in [-0.39, 0.29) is 5.56 Å². The molecule has 2 N–H and O–H groups in total. The average molecular weight is 276 g/mol. The van der Waals surface area contributed by atoms with Crippen molar-refractivity contribution in [2.45, 2.75) is 20.3 Å². The fourth-order valence-electron chi connectivity index (χ4n) is 1.98. The van der Waals surface area contributed by atoms with Crippen LogP contribution in [0.4, 0.5) is 0 Å². The van der Waals surface area contributed by atoms with Gasteiger partial charge < -0.3 is 9.72 Å². The summed E-state index contributed by atoms with van der Waals surface area (Å²) in [5.41, 5.74) is 2.32. The van der Waals surface area contributed by atoms with Gasteiger partial charge in [0.1, 0.15) is 5.75 Å². The molecule has 0 saturated carbocycles. The number of aromatic amines is 2. The molecule has 0 radical (unpaired) electrons. The van der Waals surface area contributed by atoms with Gasteiger partial charge in [0.05, 0.1) is 6.61 Å². The van der Waals surface area contributed by atoms with E-state index in [4.69, 9.17) is 17.0 Å². The zero-order valence-electron chi connectivity index (χ0n) is 10.9. The van der Waals surface area contributed by atoms with E-state index in [0.717, 1.165) is 17.0 Å². The molecule has 1 aromatic carbocycles. The second-order valence-electron chi connectivity index (χ2n) is 4.23. The molecule has 5 heteroatoms. The summed E-state index contributed by atoms with van der Waals surface area (Å²) >= 11 is 4.94. The van der Waals surface area contributed by atoms with E-state index >= 15 is 0 Å². The third-order valence-corrected chi connectivity index (χ3v) is 3.10. The number of para-hydroxylation sites is 1. The highest BCUT2D eigenvalue weighted by atomic mass is 32.1. The fourth-order valence-corrected chi connectivity index (χ4v) is 2.22. The van der Waals surface area contributed by atoms with E-state index in [1.54, 1.807) is 0 Å². The summed E-state index contributed by atoms with van der Waals surface area (Å²) in [4.78, 5) is 17.5. The lowest BCUT2D eigenvalue weighted by atomic mass is 10.0. The van der Waals surface area contributed by atoms with E-state index in [2.05, 4.69) is 9.97 Å². The molecular weight excluding hydrogens is 260 g/mol. The minimum atomic E-state index is -0.146. The Morgan fingerprint density at radius 1 is 1.26 bits per heavy atom. The molecule has 0 saturated heterocycles. The Labute approximate surface area is 116 Å². The Kier molecular flexibility index (Phi) is 4.16. The Hall–Kier alpha value is -1.88. The number of hydrogen-bond donors (Lipinski definition) is 2. The molecule has 0 aliphatic heterocycles. The predicted molar refractivity (Wildman–Crippen MR) is 77.4 cm³/mol. The van der Waals surface area contributed by atoms with E-state index < -0.39 is 0 Å². The topological polar surface area (TPSA) is 57.9 Å². The molecule has 0 aliphatic carbocycles. The molecule has 19 heavy (non-hydrogen) atoms. The van der Waals surface area contributed by atoms with Crippen molar-refractivity contribution in [2.75, 3.05) is 6.61 Å². The fraction of sp³-hybridized carbons (Fsp3) is 0.286. The van der Waals surface area contributed by atoms with Gasteiger partial charge in [-0.2, -0.15) is 0 Å². The third kappa shape index (κ3) is 3.12. The molecule has 0 atom stereocenters. The van der Waals surface area contributed by atoms with Crippen LogP contribution in [0.25, 0.3) is 0 Å². The van der Waals surface area contributed by atoms with Gasteiger partial charge in [-0.25, -0.2) is 0 Å². The molecule has 0 bridgehead atoms. The summed E-state index contributed by atoms with van der Waals surface area (Å²) in [7, 11) is 0. The average Bonchev–Trinajstić information content (AvgIpc) is 2.36. The van der Waals surface area contributed by atoms with Gasteiger partial charge in [0.15, 0.2) is 4.77 Å². The molecule has 100 valence electrons. The van der Waals surface area contributed by atoms with E-state index in [0.29, 0.717) is 23.4 Å². The first-order chi connectivity index (χ1) is 9.11. The molecule has 2 rings (SSSR count). The summed E-state index contributed by atoms with van der Waals surface area (Å²) in [5.74, 6) is 0.811. The monoisotopic (exact) mass is 276 g/mol. The lowest BCUT2D eigenvalue weighted by Gasteiger charge is -2.10. The van der Waals surface area contributed by atoms with Crippen LogP contribution >= 0.6 is 12.2 Å². The van der Waals surface area contributed by atoms with Crippen molar-refractivity contribution in [1.29, 1.82) is 0 Å². The Morgan fingerprint density at radius 2 is 2.00 bits per heavy atom. The minimum Gasteiger partial charge on any atom is -0.494 e. The zero-order chi connectivity index (χ0) is 13.8. The smallest absolute Gasteiger partial charge is 0.255 e. The summed E-state index contributed by atoms with van der Waals surface area (Å²) in [5, 5.41) is 0. The van der Waals surface area contributed by atoms with Gasteiger partial charge in [-0.15, -0.1) is 0 Å². The molecule has 2 aromatic rings. The predicted octanol–water partition coefficient (Wildman–Crippen LogP) is 2.73. The van der Waals surface area contributed by atoms with Crippen molar-refractivity contribution in [3.63, 3.8) is 0 Å². The number of ether oxygens (including phenoxy) is 1. The summed E-state index contributed by atoms with van der Waals surface area (Å²) < 4.78 is 5.92. The van der Waals surface area contributed by atoms with Crippen LogP contribution in [-0.4, -0.2) is 16.6 Å². The van der Waals surface area contributed by atoms with E-state index in [9.17, 15) is 4.79 Å². The molecule has 1 aromatic heterocycles. The van der Waals surface area contributed by atoms with Crippen LogP contribution in [-0.2, 0) is 6.42 Å². The highest BCUT2D eigenvalue weighted by Crippen LogP contribution is 2.20. The summed E-state index contributed by atoms with van der Waals surface area (Å²) in [6.07, 6.45) is 0.517. The van der Waals surface area contributed by atoms with Crippen LogP contribution < -0.4 is 10.3 Å². The Morgan fingerprint density at radius 3 is 2.68 bits per heavy atom. The van der Waals surface area contributed by atoms with Crippen LogP contribution in [0, 0.1) is 11.7 Å². The van der Waals surface area contributed by atoms with Crippen molar-refractivity contribution in [1.82, 2.24) is 9.97 Å². The summed E-state index contributed by atoms with van der Waals surface area (Å²) in [6, 6.07) is 7.73. The van der Waals surface area contributed by atoms with Gasteiger partial charge in [0.25, 0.3) is 5.56 Å². The van der Waals surface area contributed by atoms with Crippen molar-refractivity contribution >= 4 is 12.2 Å². The van der Waals surface area contributed by atoms with Gasteiger partial charge in [-0.1, -0.05) is 18.2 Å². The Balaban J connectivity index is 2.42. The molecule has 0 aliphatic rings. The van der Waals surface area contributed by atoms with Crippen LogP contribution in [0.1, 0.15) is 23.7 Å². The van der Waals surface area contributed by atoms with Gasteiger partial charge >= 0.3 is 0 Å². The minimum absolute atomic E-state index is 0.146. The largest absolute Gasteiger partial charge is 0.494 e.